The Morgan fingerprint density at radius 2 is 1.92 bits per heavy atom. The van der Waals surface area contributed by atoms with Crippen molar-refractivity contribution in [2.24, 2.45) is 0 Å². The number of carbonyl (C=O) groups is 1. The van der Waals surface area contributed by atoms with Gasteiger partial charge in [0.05, 0.1) is 12.8 Å². The summed E-state index contributed by atoms with van der Waals surface area (Å²) >= 11 is 11.9. The van der Waals surface area contributed by atoms with Gasteiger partial charge >= 0.3 is 0 Å². The van der Waals surface area contributed by atoms with E-state index in [0.29, 0.717) is 10.0 Å². The molecule has 8 heteroatoms. The summed E-state index contributed by atoms with van der Waals surface area (Å²) in [5.41, 5.74) is 0.734. The molecule has 1 amide bonds. The summed E-state index contributed by atoms with van der Waals surface area (Å²) in [6, 6.07) is 4.95. The van der Waals surface area contributed by atoms with Gasteiger partial charge in [-0.05, 0) is 30.5 Å². The molecular weight excluding hydrogens is 371 g/mol. The number of amides is 1. The third-order valence-corrected chi connectivity index (χ3v) is 6.06. The van der Waals surface area contributed by atoms with Gasteiger partial charge < -0.3 is 5.32 Å². The van der Waals surface area contributed by atoms with Crippen LogP contribution in [0.5, 0.6) is 0 Å². The summed E-state index contributed by atoms with van der Waals surface area (Å²) in [4.78, 5) is 12.2. The van der Waals surface area contributed by atoms with Crippen molar-refractivity contribution in [2.45, 2.75) is 44.7 Å². The van der Waals surface area contributed by atoms with Crippen molar-refractivity contribution in [2.75, 3.05) is 12.8 Å². The van der Waals surface area contributed by atoms with Gasteiger partial charge in [-0.2, -0.15) is 4.31 Å². The van der Waals surface area contributed by atoms with E-state index >= 15 is 0 Å². The van der Waals surface area contributed by atoms with Gasteiger partial charge in [-0.15, -0.1) is 0 Å². The molecule has 1 aromatic carbocycles. The van der Waals surface area contributed by atoms with E-state index in [9.17, 15) is 13.2 Å². The van der Waals surface area contributed by atoms with E-state index in [1.807, 2.05) is 0 Å². The summed E-state index contributed by atoms with van der Waals surface area (Å²) in [5, 5.41) is 3.72. The van der Waals surface area contributed by atoms with Gasteiger partial charge in [-0.1, -0.05) is 48.5 Å². The average Bonchev–Trinajstić information content (AvgIpc) is 2.51. The van der Waals surface area contributed by atoms with Crippen molar-refractivity contribution in [3.05, 3.63) is 33.8 Å². The largest absolute Gasteiger partial charge is 0.351 e. The number of benzene rings is 1. The van der Waals surface area contributed by atoms with E-state index in [1.165, 1.54) is 4.31 Å². The predicted octanol–water partition coefficient (Wildman–Crippen LogP) is 3.20. The first kappa shape index (κ1) is 19.5. The molecule has 1 aromatic rings. The van der Waals surface area contributed by atoms with Crippen LogP contribution in [0.3, 0.4) is 0 Å². The van der Waals surface area contributed by atoms with E-state index in [2.05, 4.69) is 5.32 Å². The van der Waals surface area contributed by atoms with Crippen LogP contribution >= 0.6 is 23.2 Å². The lowest BCUT2D eigenvalue weighted by molar-refractivity contribution is -0.121. The number of sulfonamides is 1. The Labute approximate surface area is 153 Å². The van der Waals surface area contributed by atoms with Gasteiger partial charge in [-0.25, -0.2) is 8.42 Å². The van der Waals surface area contributed by atoms with Crippen LogP contribution in [-0.4, -0.2) is 37.5 Å². The number of halogens is 2. The first-order valence-electron chi connectivity index (χ1n) is 7.95. The van der Waals surface area contributed by atoms with Crippen molar-refractivity contribution < 1.29 is 13.2 Å². The molecule has 0 saturated heterocycles. The van der Waals surface area contributed by atoms with Gasteiger partial charge in [0.2, 0.25) is 15.9 Å². The maximum atomic E-state index is 12.2. The molecular formula is C16H22Cl2N2O3S. The Morgan fingerprint density at radius 3 is 2.50 bits per heavy atom. The number of hydrogen-bond acceptors (Lipinski definition) is 3. The van der Waals surface area contributed by atoms with Crippen molar-refractivity contribution >= 4 is 39.1 Å². The maximum absolute atomic E-state index is 12.2. The molecule has 0 atom stereocenters. The molecule has 1 aliphatic carbocycles. The quantitative estimate of drug-likeness (QED) is 0.807. The smallest absolute Gasteiger partial charge is 0.235 e. The minimum Gasteiger partial charge on any atom is -0.351 e. The highest BCUT2D eigenvalue weighted by molar-refractivity contribution is 7.88. The molecule has 1 aliphatic rings. The highest BCUT2D eigenvalue weighted by Crippen LogP contribution is 2.24. The molecule has 0 aromatic heterocycles. The average molecular weight is 393 g/mol. The number of carbonyl (C=O) groups excluding carboxylic acids is 1. The molecule has 0 spiro atoms. The summed E-state index contributed by atoms with van der Waals surface area (Å²) in [5.74, 6) is -0.336. The van der Waals surface area contributed by atoms with Crippen LogP contribution < -0.4 is 5.32 Å². The van der Waals surface area contributed by atoms with Crippen molar-refractivity contribution in [1.82, 2.24) is 9.62 Å². The topological polar surface area (TPSA) is 66.5 Å². The first-order valence-corrected chi connectivity index (χ1v) is 10.6. The minimum absolute atomic E-state index is 0.0846. The minimum atomic E-state index is -3.43. The van der Waals surface area contributed by atoms with Crippen molar-refractivity contribution in [3.63, 3.8) is 0 Å². The second-order valence-corrected chi connectivity index (χ2v) is 8.89. The molecule has 1 saturated carbocycles. The standard InChI is InChI=1S/C16H22Cl2N2O3S/c1-24(22,23)20(14-5-3-2-4-6-14)11-16(21)19-10-12-7-8-13(17)9-15(12)18/h7-9,14H,2-6,10-11H2,1H3,(H,19,21). The molecule has 0 aliphatic heterocycles. The zero-order chi connectivity index (χ0) is 17.7. The van der Waals surface area contributed by atoms with Crippen molar-refractivity contribution in [1.29, 1.82) is 0 Å². The van der Waals surface area contributed by atoms with Crippen LogP contribution in [0, 0.1) is 0 Å². The van der Waals surface area contributed by atoms with Crippen LogP contribution in [0.2, 0.25) is 10.0 Å². The van der Waals surface area contributed by atoms with E-state index in [4.69, 9.17) is 23.2 Å². The van der Waals surface area contributed by atoms with E-state index in [0.717, 1.165) is 43.9 Å². The van der Waals surface area contributed by atoms with Crippen LogP contribution in [0.4, 0.5) is 0 Å². The predicted molar refractivity (Wildman–Crippen MR) is 96.7 cm³/mol. The first-order chi connectivity index (χ1) is 11.3. The second-order valence-electron chi connectivity index (χ2n) is 6.11. The Hall–Kier alpha value is -0.820. The van der Waals surface area contributed by atoms with E-state index in [1.54, 1.807) is 18.2 Å². The Balaban J connectivity index is 1.97. The van der Waals surface area contributed by atoms with Gasteiger partial charge in [0.15, 0.2) is 0 Å². The molecule has 134 valence electrons. The normalized spacial score (nSPS) is 16.3. The molecule has 24 heavy (non-hydrogen) atoms. The lowest BCUT2D eigenvalue weighted by atomic mass is 9.95. The van der Waals surface area contributed by atoms with Crippen molar-refractivity contribution in [3.8, 4) is 0 Å². The molecule has 0 unspecified atom stereocenters. The lowest BCUT2D eigenvalue weighted by Gasteiger charge is -2.31. The fourth-order valence-electron chi connectivity index (χ4n) is 2.94. The third kappa shape index (κ3) is 5.62. The second kappa shape index (κ2) is 8.52. The highest BCUT2D eigenvalue weighted by Gasteiger charge is 2.29. The third-order valence-electron chi connectivity index (χ3n) is 4.20. The zero-order valence-corrected chi connectivity index (χ0v) is 15.9. The van der Waals surface area contributed by atoms with Crippen LogP contribution in [0.15, 0.2) is 18.2 Å². The lowest BCUT2D eigenvalue weighted by Crippen LogP contribution is -2.46. The number of rotatable bonds is 6. The van der Waals surface area contributed by atoms with Gasteiger partial charge in [-0.3, -0.25) is 4.79 Å². The molecule has 5 nitrogen and oxygen atoms in total. The molecule has 1 N–H and O–H groups in total. The summed E-state index contributed by atoms with van der Waals surface area (Å²) in [6.45, 7) is 0.0752. The summed E-state index contributed by atoms with van der Waals surface area (Å²) in [6.07, 6.45) is 5.89. The van der Waals surface area contributed by atoms with Gasteiger partial charge in [0.25, 0.3) is 0 Å². The number of hydrogen-bond donors (Lipinski definition) is 1. The summed E-state index contributed by atoms with van der Waals surface area (Å²) in [7, 11) is -3.43. The van der Waals surface area contributed by atoms with Gasteiger partial charge in [0.1, 0.15) is 0 Å². The van der Waals surface area contributed by atoms with E-state index in [-0.39, 0.29) is 25.0 Å². The Kier molecular flexibility index (Phi) is 6.92. The summed E-state index contributed by atoms with van der Waals surface area (Å²) < 4.78 is 25.4. The SMILES string of the molecule is CS(=O)(=O)N(CC(=O)NCc1ccc(Cl)cc1Cl)C1CCCCC1. The van der Waals surface area contributed by atoms with Crippen LogP contribution in [-0.2, 0) is 21.4 Å². The molecule has 0 bridgehead atoms. The fourth-order valence-corrected chi connectivity index (χ4v) is 4.52. The maximum Gasteiger partial charge on any atom is 0.235 e. The van der Waals surface area contributed by atoms with Crippen LogP contribution in [0.25, 0.3) is 0 Å². The number of nitrogens with one attached hydrogen (secondary N) is 1. The monoisotopic (exact) mass is 392 g/mol. The highest BCUT2D eigenvalue weighted by atomic mass is 35.5. The molecule has 0 heterocycles. The Bertz CT molecular complexity index is 689. The zero-order valence-electron chi connectivity index (χ0n) is 13.6. The molecule has 2 rings (SSSR count). The van der Waals surface area contributed by atoms with Gasteiger partial charge in [0, 0.05) is 22.6 Å². The van der Waals surface area contributed by atoms with E-state index < -0.39 is 10.0 Å². The Morgan fingerprint density at radius 1 is 1.25 bits per heavy atom. The van der Waals surface area contributed by atoms with Crippen LogP contribution in [0.1, 0.15) is 37.7 Å². The molecule has 1 fully saturated rings. The number of nitrogens with zero attached hydrogens (tertiary/aromatic N) is 1. The fraction of sp³-hybridized carbons (Fsp3) is 0.562. The molecule has 0 radical (unpaired) electrons.